The van der Waals surface area contributed by atoms with Gasteiger partial charge in [0.1, 0.15) is 12.1 Å². The predicted molar refractivity (Wildman–Crippen MR) is 113 cm³/mol. The molecule has 1 fully saturated rings. The minimum absolute atomic E-state index is 0.536. The molecule has 152 valence electrons. The van der Waals surface area contributed by atoms with Crippen LogP contribution in [0.25, 0.3) is 0 Å². The molecule has 0 saturated carbocycles. The van der Waals surface area contributed by atoms with Crippen molar-refractivity contribution in [1.82, 2.24) is 14.9 Å². The van der Waals surface area contributed by atoms with E-state index in [1.54, 1.807) is 20.5 Å². The smallest absolute Gasteiger partial charge is 0.160 e. The highest BCUT2D eigenvalue weighted by Gasteiger charge is 2.24. The molecule has 1 aliphatic rings. The maximum atomic E-state index is 5.42. The van der Waals surface area contributed by atoms with Gasteiger partial charge in [-0.25, -0.2) is 9.97 Å². The van der Waals surface area contributed by atoms with Crippen LogP contribution in [0, 0.1) is 0 Å². The van der Waals surface area contributed by atoms with E-state index in [-0.39, 0.29) is 0 Å². The molecule has 0 unspecified atom stereocenters. The van der Waals surface area contributed by atoms with Crippen LogP contribution in [0.3, 0.4) is 0 Å². The van der Waals surface area contributed by atoms with E-state index in [1.807, 2.05) is 6.07 Å². The van der Waals surface area contributed by atoms with Gasteiger partial charge in [0.25, 0.3) is 0 Å². The molecule has 1 atom stereocenters. The molecule has 0 radical (unpaired) electrons. The summed E-state index contributed by atoms with van der Waals surface area (Å²) in [6.45, 7) is 5.23. The number of ether oxygens (including phenoxy) is 2. The first-order valence-electron chi connectivity index (χ1n) is 10.1. The summed E-state index contributed by atoms with van der Waals surface area (Å²) in [5.74, 6) is 2.63. The van der Waals surface area contributed by atoms with Crippen LogP contribution < -0.4 is 14.4 Å². The molecule has 3 rings (SSSR count). The van der Waals surface area contributed by atoms with Crippen LogP contribution in [0.15, 0.2) is 30.6 Å². The molecule has 0 amide bonds. The average molecular weight is 385 g/mol. The number of methoxy groups -OCH3 is 2. The summed E-state index contributed by atoms with van der Waals surface area (Å²) >= 11 is 0. The fourth-order valence-electron chi connectivity index (χ4n) is 3.80. The Morgan fingerprint density at radius 1 is 1.14 bits per heavy atom. The van der Waals surface area contributed by atoms with Gasteiger partial charge in [-0.1, -0.05) is 13.0 Å². The quantitative estimate of drug-likeness (QED) is 0.697. The second-order valence-corrected chi connectivity index (χ2v) is 7.38. The molecular weight excluding hydrogens is 352 g/mol. The Hall–Kier alpha value is -2.34. The van der Waals surface area contributed by atoms with Crippen LogP contribution in [0.2, 0.25) is 0 Å². The SMILES string of the molecule is CCc1cc(N2CCC[C@@H](N(C)CCc3ccc(OC)c(OC)c3)C2)ncn1. The minimum Gasteiger partial charge on any atom is -0.493 e. The third kappa shape index (κ3) is 4.93. The molecule has 2 aromatic rings. The molecule has 1 aromatic heterocycles. The van der Waals surface area contributed by atoms with Crippen LogP contribution in [0.4, 0.5) is 5.82 Å². The monoisotopic (exact) mass is 384 g/mol. The van der Waals surface area contributed by atoms with Crippen molar-refractivity contribution in [3.8, 4) is 11.5 Å². The largest absolute Gasteiger partial charge is 0.493 e. The highest BCUT2D eigenvalue weighted by atomic mass is 16.5. The number of nitrogens with zero attached hydrogens (tertiary/aromatic N) is 4. The molecule has 6 nitrogen and oxygen atoms in total. The first kappa shape index (κ1) is 20.4. The summed E-state index contributed by atoms with van der Waals surface area (Å²) in [6, 6.07) is 8.85. The third-order valence-electron chi connectivity index (χ3n) is 5.62. The molecule has 0 spiro atoms. The molecule has 1 aliphatic heterocycles. The fraction of sp³-hybridized carbons (Fsp3) is 0.545. The van der Waals surface area contributed by atoms with Crippen molar-refractivity contribution < 1.29 is 9.47 Å². The highest BCUT2D eigenvalue weighted by Crippen LogP contribution is 2.28. The molecule has 1 saturated heterocycles. The van der Waals surface area contributed by atoms with Gasteiger partial charge in [0.05, 0.1) is 14.2 Å². The standard InChI is InChI=1S/C22H32N4O2/c1-5-18-14-22(24-16-23-18)26-11-6-7-19(15-26)25(2)12-10-17-8-9-20(27-3)21(13-17)28-4/h8-9,13-14,16,19H,5-7,10-12,15H2,1-4H3/t19-/m1/s1. The lowest BCUT2D eigenvalue weighted by Gasteiger charge is -2.38. The Labute approximate surface area is 168 Å². The number of aryl methyl sites for hydroxylation is 1. The Balaban J connectivity index is 1.59. The number of likely N-dealkylation sites (N-methyl/N-ethyl adjacent to an activating group) is 1. The van der Waals surface area contributed by atoms with Crippen molar-refractivity contribution in [2.24, 2.45) is 0 Å². The second kappa shape index (κ2) is 9.73. The van der Waals surface area contributed by atoms with Crippen molar-refractivity contribution in [3.63, 3.8) is 0 Å². The van der Waals surface area contributed by atoms with Gasteiger partial charge in [-0.2, -0.15) is 0 Å². The first-order valence-corrected chi connectivity index (χ1v) is 10.1. The van der Waals surface area contributed by atoms with Gasteiger partial charge in [0.15, 0.2) is 11.5 Å². The van der Waals surface area contributed by atoms with E-state index in [0.29, 0.717) is 6.04 Å². The topological polar surface area (TPSA) is 50.7 Å². The lowest BCUT2D eigenvalue weighted by molar-refractivity contribution is 0.217. The normalized spacial score (nSPS) is 17.0. The van der Waals surface area contributed by atoms with Gasteiger partial charge in [-0.05, 0) is 50.4 Å². The highest BCUT2D eigenvalue weighted by molar-refractivity contribution is 5.43. The first-order chi connectivity index (χ1) is 13.6. The van der Waals surface area contributed by atoms with Crippen LogP contribution in [0.1, 0.15) is 31.0 Å². The van der Waals surface area contributed by atoms with Crippen LogP contribution >= 0.6 is 0 Å². The van der Waals surface area contributed by atoms with Gasteiger partial charge >= 0.3 is 0 Å². The summed E-state index contributed by atoms with van der Waals surface area (Å²) in [7, 11) is 5.58. The van der Waals surface area contributed by atoms with Gasteiger partial charge in [-0.15, -0.1) is 0 Å². The van der Waals surface area contributed by atoms with E-state index in [1.165, 1.54) is 18.4 Å². The number of benzene rings is 1. The zero-order valence-corrected chi connectivity index (χ0v) is 17.5. The average Bonchev–Trinajstić information content (AvgIpc) is 2.77. The Bertz CT molecular complexity index is 768. The van der Waals surface area contributed by atoms with Gasteiger partial charge < -0.3 is 19.3 Å². The van der Waals surface area contributed by atoms with E-state index in [9.17, 15) is 0 Å². The number of anilines is 1. The van der Waals surface area contributed by atoms with E-state index in [0.717, 1.165) is 55.5 Å². The summed E-state index contributed by atoms with van der Waals surface area (Å²) < 4.78 is 10.8. The Kier molecular flexibility index (Phi) is 7.09. The summed E-state index contributed by atoms with van der Waals surface area (Å²) in [5, 5.41) is 0. The lowest BCUT2D eigenvalue weighted by atomic mass is 10.0. The molecule has 0 bridgehead atoms. The van der Waals surface area contributed by atoms with Crippen molar-refractivity contribution in [2.75, 3.05) is 45.8 Å². The van der Waals surface area contributed by atoms with Crippen LogP contribution in [0.5, 0.6) is 11.5 Å². The van der Waals surface area contributed by atoms with Crippen molar-refractivity contribution in [2.45, 2.75) is 38.6 Å². The molecule has 28 heavy (non-hydrogen) atoms. The van der Waals surface area contributed by atoms with Crippen LogP contribution in [-0.2, 0) is 12.8 Å². The summed E-state index contributed by atoms with van der Waals surface area (Å²) in [5.41, 5.74) is 2.37. The molecule has 0 aliphatic carbocycles. The number of piperidine rings is 1. The number of hydrogen-bond donors (Lipinski definition) is 0. The van der Waals surface area contributed by atoms with E-state index < -0.39 is 0 Å². The van der Waals surface area contributed by atoms with E-state index >= 15 is 0 Å². The summed E-state index contributed by atoms with van der Waals surface area (Å²) in [6.07, 6.45) is 6.04. The Morgan fingerprint density at radius 2 is 1.96 bits per heavy atom. The molecular formula is C22H32N4O2. The van der Waals surface area contributed by atoms with E-state index in [2.05, 4.69) is 51.9 Å². The van der Waals surface area contributed by atoms with Crippen molar-refractivity contribution in [1.29, 1.82) is 0 Å². The second-order valence-electron chi connectivity index (χ2n) is 7.38. The predicted octanol–water partition coefficient (Wildman–Crippen LogP) is 3.20. The van der Waals surface area contributed by atoms with E-state index in [4.69, 9.17) is 9.47 Å². The number of hydrogen-bond acceptors (Lipinski definition) is 6. The number of rotatable bonds is 8. The molecule has 2 heterocycles. The molecule has 1 aromatic carbocycles. The molecule has 0 N–H and O–H groups in total. The van der Waals surface area contributed by atoms with Gasteiger partial charge in [0, 0.05) is 37.4 Å². The zero-order chi connectivity index (χ0) is 19.9. The minimum atomic E-state index is 0.536. The maximum Gasteiger partial charge on any atom is 0.160 e. The summed E-state index contributed by atoms with van der Waals surface area (Å²) in [4.78, 5) is 13.7. The van der Waals surface area contributed by atoms with Crippen LogP contribution in [-0.4, -0.2) is 61.8 Å². The lowest BCUT2D eigenvalue weighted by Crippen LogP contribution is -2.47. The van der Waals surface area contributed by atoms with Gasteiger partial charge in [-0.3, -0.25) is 0 Å². The van der Waals surface area contributed by atoms with Crippen molar-refractivity contribution >= 4 is 5.82 Å². The third-order valence-corrected chi connectivity index (χ3v) is 5.62. The van der Waals surface area contributed by atoms with Crippen molar-refractivity contribution in [3.05, 3.63) is 41.9 Å². The fourth-order valence-corrected chi connectivity index (χ4v) is 3.80. The number of aromatic nitrogens is 2. The maximum absolute atomic E-state index is 5.42. The van der Waals surface area contributed by atoms with Gasteiger partial charge in [0.2, 0.25) is 0 Å². The molecule has 6 heteroatoms. The zero-order valence-electron chi connectivity index (χ0n) is 17.5. The Morgan fingerprint density at radius 3 is 2.71 bits per heavy atom.